The van der Waals surface area contributed by atoms with Crippen molar-refractivity contribution >= 4 is 29.1 Å². The van der Waals surface area contributed by atoms with Gasteiger partial charge in [-0.05, 0) is 55.5 Å². The molecule has 1 aromatic heterocycles. The van der Waals surface area contributed by atoms with Crippen LogP contribution >= 0.6 is 0 Å². The van der Waals surface area contributed by atoms with E-state index in [0.29, 0.717) is 25.1 Å². The van der Waals surface area contributed by atoms with E-state index >= 15 is 0 Å². The van der Waals surface area contributed by atoms with Crippen molar-refractivity contribution in [1.82, 2.24) is 9.88 Å². The average molecular weight is 510 g/mol. The summed E-state index contributed by atoms with van der Waals surface area (Å²) in [4.78, 5) is 34.5. The number of benzene rings is 1. The molecule has 9 heteroatoms. The van der Waals surface area contributed by atoms with Crippen LogP contribution in [0.25, 0.3) is 0 Å². The summed E-state index contributed by atoms with van der Waals surface area (Å²) in [6.07, 6.45) is 8.83. The van der Waals surface area contributed by atoms with Crippen molar-refractivity contribution in [3.8, 4) is 0 Å². The average Bonchev–Trinajstić information content (AvgIpc) is 2.89. The molecule has 2 aromatic rings. The van der Waals surface area contributed by atoms with Crippen LogP contribution < -0.4 is 15.1 Å². The molecule has 0 radical (unpaired) electrons. The zero-order valence-corrected chi connectivity index (χ0v) is 21.4. The van der Waals surface area contributed by atoms with E-state index < -0.39 is 5.97 Å². The van der Waals surface area contributed by atoms with Crippen LogP contribution in [0.3, 0.4) is 0 Å². The molecule has 0 saturated carbocycles. The van der Waals surface area contributed by atoms with Gasteiger partial charge in [-0.15, -0.1) is 0 Å². The van der Waals surface area contributed by atoms with Gasteiger partial charge >= 0.3 is 5.97 Å². The number of carboxylic acid groups (broad SMARTS) is 1. The van der Waals surface area contributed by atoms with Crippen LogP contribution in [0, 0.1) is 5.82 Å². The third-order valence-electron chi connectivity index (χ3n) is 7.02. The number of amides is 1. The van der Waals surface area contributed by atoms with Gasteiger partial charge in [0.25, 0.3) is 0 Å². The standard InChI is InChI=1S/C28H36FN5O3/c1-2-3-11-33(12-4-5-28(36)37)23-8-10-30-26(20-23)34-16-14-32(15-17-34)13-9-21-18-27(35)31-25-19-22(29)6-7-24(21)25/h3,6-8,10-11,19-21H,2,4-5,9,12-18H2,1H3,(H,31,35)(H,36,37)/b11-3-. The van der Waals surface area contributed by atoms with Crippen molar-refractivity contribution in [1.29, 1.82) is 0 Å². The number of aromatic nitrogens is 1. The number of rotatable bonds is 11. The number of fused-ring (bicyclic) bond motifs is 1. The van der Waals surface area contributed by atoms with Crippen LogP contribution in [0.15, 0.2) is 48.8 Å². The second-order valence-corrected chi connectivity index (χ2v) is 9.65. The number of hydrogen-bond donors (Lipinski definition) is 2. The molecule has 1 fully saturated rings. The Morgan fingerprint density at radius 1 is 1.24 bits per heavy atom. The number of pyridine rings is 1. The molecule has 2 aliphatic rings. The molecule has 0 spiro atoms. The van der Waals surface area contributed by atoms with E-state index in [9.17, 15) is 14.0 Å². The fourth-order valence-corrected chi connectivity index (χ4v) is 5.01. The number of nitrogens with zero attached hydrogens (tertiary/aromatic N) is 4. The molecule has 37 heavy (non-hydrogen) atoms. The first-order valence-electron chi connectivity index (χ1n) is 13.1. The third kappa shape index (κ3) is 7.29. The van der Waals surface area contributed by atoms with Crippen molar-refractivity contribution in [3.63, 3.8) is 0 Å². The summed E-state index contributed by atoms with van der Waals surface area (Å²) in [5, 5.41) is 11.8. The Morgan fingerprint density at radius 3 is 2.81 bits per heavy atom. The molecule has 198 valence electrons. The van der Waals surface area contributed by atoms with Gasteiger partial charge in [0.05, 0.1) is 0 Å². The third-order valence-corrected chi connectivity index (χ3v) is 7.02. The first-order valence-corrected chi connectivity index (χ1v) is 13.1. The fourth-order valence-electron chi connectivity index (χ4n) is 5.01. The molecule has 8 nitrogen and oxygen atoms in total. The van der Waals surface area contributed by atoms with Gasteiger partial charge in [0.15, 0.2) is 0 Å². The minimum Gasteiger partial charge on any atom is -0.481 e. The van der Waals surface area contributed by atoms with Crippen LogP contribution in [0.2, 0.25) is 0 Å². The zero-order chi connectivity index (χ0) is 26.2. The Bertz CT molecular complexity index is 1120. The predicted molar refractivity (Wildman–Crippen MR) is 144 cm³/mol. The lowest BCUT2D eigenvalue weighted by molar-refractivity contribution is -0.137. The number of nitrogens with one attached hydrogen (secondary N) is 1. The highest BCUT2D eigenvalue weighted by Gasteiger charge is 2.27. The Kier molecular flexibility index (Phi) is 9.11. The molecule has 1 unspecified atom stereocenters. The summed E-state index contributed by atoms with van der Waals surface area (Å²) in [6, 6.07) is 8.71. The summed E-state index contributed by atoms with van der Waals surface area (Å²) in [7, 11) is 0. The molecule has 3 heterocycles. The maximum Gasteiger partial charge on any atom is 0.303 e. The first kappa shape index (κ1) is 26.6. The molecular formula is C28H36FN5O3. The number of anilines is 3. The largest absolute Gasteiger partial charge is 0.481 e. The highest BCUT2D eigenvalue weighted by Crippen LogP contribution is 2.35. The number of carbonyl (C=O) groups excluding carboxylic acids is 1. The second kappa shape index (κ2) is 12.7. The minimum atomic E-state index is -0.780. The lowest BCUT2D eigenvalue weighted by Crippen LogP contribution is -2.47. The minimum absolute atomic E-state index is 0.0512. The number of carbonyl (C=O) groups is 2. The molecule has 1 amide bonds. The predicted octanol–water partition coefficient (Wildman–Crippen LogP) is 4.45. The fraction of sp³-hybridized carbons (Fsp3) is 0.464. The van der Waals surface area contributed by atoms with Gasteiger partial charge in [-0.1, -0.05) is 19.1 Å². The molecule has 1 atom stereocenters. The van der Waals surface area contributed by atoms with E-state index in [1.165, 1.54) is 12.1 Å². The normalized spacial score (nSPS) is 18.1. The smallest absolute Gasteiger partial charge is 0.303 e. The number of aliphatic carboxylic acids is 1. The molecule has 1 aromatic carbocycles. The summed E-state index contributed by atoms with van der Waals surface area (Å²) in [5.41, 5.74) is 2.63. The molecule has 0 aliphatic carbocycles. The molecule has 4 rings (SSSR count). The van der Waals surface area contributed by atoms with Crippen molar-refractivity contribution in [3.05, 3.63) is 60.2 Å². The van der Waals surface area contributed by atoms with Gasteiger partial charge in [0, 0.05) is 75.4 Å². The summed E-state index contributed by atoms with van der Waals surface area (Å²) in [5.74, 6) is -0.144. The number of halogens is 1. The molecular weight excluding hydrogens is 473 g/mol. The number of allylic oxidation sites excluding steroid dienone is 1. The first-order chi connectivity index (χ1) is 17.9. The van der Waals surface area contributed by atoms with Gasteiger partial charge in [-0.25, -0.2) is 9.37 Å². The van der Waals surface area contributed by atoms with Crippen LogP contribution in [0.5, 0.6) is 0 Å². The quantitative estimate of drug-likeness (QED) is 0.463. The van der Waals surface area contributed by atoms with Crippen molar-refractivity contribution in [2.24, 2.45) is 0 Å². The van der Waals surface area contributed by atoms with Gasteiger partial charge in [0.2, 0.25) is 5.91 Å². The molecule has 1 saturated heterocycles. The van der Waals surface area contributed by atoms with E-state index in [-0.39, 0.29) is 24.1 Å². The monoisotopic (exact) mass is 509 g/mol. The Morgan fingerprint density at radius 2 is 2.05 bits per heavy atom. The molecule has 2 N–H and O–H groups in total. The summed E-state index contributed by atoms with van der Waals surface area (Å²) in [6.45, 7) is 7.11. The van der Waals surface area contributed by atoms with Gasteiger partial charge in [0.1, 0.15) is 11.6 Å². The highest BCUT2D eigenvalue weighted by atomic mass is 19.1. The van der Waals surface area contributed by atoms with Gasteiger partial charge in [-0.2, -0.15) is 0 Å². The highest BCUT2D eigenvalue weighted by molar-refractivity contribution is 5.94. The van der Waals surface area contributed by atoms with E-state index in [2.05, 4.69) is 44.1 Å². The Balaban J connectivity index is 1.32. The van der Waals surface area contributed by atoms with E-state index in [4.69, 9.17) is 5.11 Å². The van der Waals surface area contributed by atoms with Crippen LogP contribution in [-0.2, 0) is 9.59 Å². The number of hydrogen-bond acceptors (Lipinski definition) is 6. The second-order valence-electron chi connectivity index (χ2n) is 9.65. The molecule has 0 bridgehead atoms. The van der Waals surface area contributed by atoms with Crippen molar-refractivity contribution in [2.45, 2.75) is 44.9 Å². The number of piperazine rings is 1. The van der Waals surface area contributed by atoms with Crippen LogP contribution in [0.1, 0.15) is 50.5 Å². The van der Waals surface area contributed by atoms with Gasteiger partial charge < -0.3 is 20.2 Å². The van der Waals surface area contributed by atoms with Crippen molar-refractivity contribution in [2.75, 3.05) is 54.4 Å². The maximum atomic E-state index is 13.6. The SMILES string of the molecule is CC/C=C\N(CCCC(=O)O)c1ccnc(N2CCN(CCC3CC(=O)Nc4cc(F)ccc43)CC2)c1. The summed E-state index contributed by atoms with van der Waals surface area (Å²) >= 11 is 0. The van der Waals surface area contributed by atoms with Crippen LogP contribution in [0.4, 0.5) is 21.6 Å². The van der Waals surface area contributed by atoms with E-state index in [1.54, 1.807) is 6.07 Å². The lowest BCUT2D eigenvalue weighted by atomic mass is 9.87. The Hall–Kier alpha value is -3.46. The lowest BCUT2D eigenvalue weighted by Gasteiger charge is -2.36. The summed E-state index contributed by atoms with van der Waals surface area (Å²) < 4.78 is 13.6. The van der Waals surface area contributed by atoms with Gasteiger partial charge in [-0.3, -0.25) is 14.5 Å². The zero-order valence-electron chi connectivity index (χ0n) is 21.4. The maximum absolute atomic E-state index is 13.6. The van der Waals surface area contributed by atoms with Crippen LogP contribution in [-0.4, -0.2) is 66.1 Å². The molecule has 2 aliphatic heterocycles. The Labute approximate surface area is 217 Å². The van der Waals surface area contributed by atoms with Crippen molar-refractivity contribution < 1.29 is 19.1 Å². The van der Waals surface area contributed by atoms with E-state index in [0.717, 1.165) is 62.6 Å². The number of carboxylic acids is 1. The topological polar surface area (TPSA) is 89.0 Å². The van der Waals surface area contributed by atoms with E-state index in [1.807, 2.05) is 18.5 Å².